The van der Waals surface area contributed by atoms with Crippen LogP contribution in [0.3, 0.4) is 0 Å². The molecule has 0 aliphatic carbocycles. The highest BCUT2D eigenvalue weighted by Gasteiger charge is 2.26. The summed E-state index contributed by atoms with van der Waals surface area (Å²) in [7, 11) is 0. The molecule has 7 heteroatoms. The van der Waals surface area contributed by atoms with E-state index in [-0.39, 0.29) is 11.8 Å². The minimum atomic E-state index is -0.0793. The van der Waals surface area contributed by atoms with E-state index in [0.29, 0.717) is 31.0 Å². The van der Waals surface area contributed by atoms with Crippen molar-refractivity contribution in [3.05, 3.63) is 34.5 Å². The summed E-state index contributed by atoms with van der Waals surface area (Å²) in [4.78, 5) is 31.1. The van der Waals surface area contributed by atoms with E-state index in [4.69, 9.17) is 4.42 Å². The maximum atomic E-state index is 12.8. The minimum absolute atomic E-state index is 0.0793. The first-order valence-electron chi connectivity index (χ1n) is 9.59. The molecular formula is C20H24BrN3O3. The number of hydrogen-bond donors (Lipinski definition) is 0. The van der Waals surface area contributed by atoms with Crippen LogP contribution in [0.15, 0.2) is 33.2 Å². The fraction of sp³-hybridized carbons (Fsp3) is 0.500. The summed E-state index contributed by atoms with van der Waals surface area (Å²) in [5.41, 5.74) is 0.715. The summed E-state index contributed by atoms with van der Waals surface area (Å²) in [6.07, 6.45) is 3.45. The Hall–Kier alpha value is -1.86. The van der Waals surface area contributed by atoms with Crippen molar-refractivity contribution in [2.45, 2.75) is 19.3 Å². The van der Waals surface area contributed by atoms with Gasteiger partial charge in [-0.15, -0.1) is 0 Å². The Morgan fingerprint density at radius 2 is 1.67 bits per heavy atom. The van der Waals surface area contributed by atoms with E-state index < -0.39 is 0 Å². The molecule has 0 bridgehead atoms. The topological polar surface area (TPSA) is 57.0 Å². The van der Waals surface area contributed by atoms with Gasteiger partial charge in [0, 0.05) is 49.1 Å². The minimum Gasteiger partial charge on any atom is -0.451 e. The van der Waals surface area contributed by atoms with Crippen LogP contribution in [0.1, 0.15) is 29.8 Å². The normalized spacial score (nSPS) is 18.9. The van der Waals surface area contributed by atoms with Crippen LogP contribution in [0.25, 0.3) is 11.0 Å². The van der Waals surface area contributed by atoms with Crippen molar-refractivity contribution in [3.63, 3.8) is 0 Å². The summed E-state index contributed by atoms with van der Waals surface area (Å²) in [6.45, 7) is 4.91. The van der Waals surface area contributed by atoms with Crippen LogP contribution < -0.4 is 0 Å². The molecule has 2 aromatic rings. The van der Waals surface area contributed by atoms with E-state index in [2.05, 4.69) is 20.8 Å². The van der Waals surface area contributed by atoms with Gasteiger partial charge in [-0.05, 0) is 43.5 Å². The van der Waals surface area contributed by atoms with Crippen LogP contribution in [0.5, 0.6) is 0 Å². The Morgan fingerprint density at radius 1 is 0.926 bits per heavy atom. The van der Waals surface area contributed by atoms with Crippen LogP contribution in [-0.4, -0.2) is 72.3 Å². The first-order chi connectivity index (χ1) is 13.1. The SMILES string of the molecule is O=C(CN1CCN(C(=O)c2cc3cc(Br)ccc3o2)CC1)N1CCCCC1. The third kappa shape index (κ3) is 4.19. The van der Waals surface area contributed by atoms with Crippen LogP contribution in [0.4, 0.5) is 0 Å². The molecule has 0 N–H and O–H groups in total. The van der Waals surface area contributed by atoms with Gasteiger partial charge < -0.3 is 14.2 Å². The molecule has 1 aromatic carbocycles. The summed E-state index contributed by atoms with van der Waals surface area (Å²) >= 11 is 3.44. The Balaban J connectivity index is 1.32. The lowest BCUT2D eigenvalue weighted by atomic mass is 10.1. The number of likely N-dealkylation sites (tertiary alicyclic amines) is 1. The van der Waals surface area contributed by atoms with Gasteiger partial charge in [0.25, 0.3) is 5.91 Å². The van der Waals surface area contributed by atoms with E-state index >= 15 is 0 Å². The Labute approximate surface area is 167 Å². The van der Waals surface area contributed by atoms with Crippen molar-refractivity contribution in [3.8, 4) is 0 Å². The van der Waals surface area contributed by atoms with Crippen molar-refractivity contribution in [1.29, 1.82) is 0 Å². The van der Waals surface area contributed by atoms with Gasteiger partial charge in [-0.3, -0.25) is 14.5 Å². The van der Waals surface area contributed by atoms with Crippen molar-refractivity contribution >= 4 is 38.7 Å². The number of fused-ring (bicyclic) bond motifs is 1. The van der Waals surface area contributed by atoms with Crippen LogP contribution in [-0.2, 0) is 4.79 Å². The van der Waals surface area contributed by atoms with Crippen LogP contribution >= 0.6 is 15.9 Å². The second kappa shape index (κ2) is 8.02. The molecule has 2 aliphatic heterocycles. The van der Waals surface area contributed by atoms with E-state index in [1.54, 1.807) is 6.07 Å². The van der Waals surface area contributed by atoms with Crippen LogP contribution in [0, 0.1) is 0 Å². The zero-order valence-electron chi connectivity index (χ0n) is 15.3. The molecular weight excluding hydrogens is 410 g/mol. The largest absolute Gasteiger partial charge is 0.451 e. The third-order valence-corrected chi connectivity index (χ3v) is 5.91. The number of carbonyl (C=O) groups excluding carboxylic acids is 2. The number of halogens is 1. The predicted molar refractivity (Wildman–Crippen MR) is 107 cm³/mol. The maximum absolute atomic E-state index is 12.8. The number of benzene rings is 1. The first-order valence-corrected chi connectivity index (χ1v) is 10.4. The number of amides is 2. The smallest absolute Gasteiger partial charge is 0.289 e. The second-order valence-corrected chi connectivity index (χ2v) is 8.22. The third-order valence-electron chi connectivity index (χ3n) is 5.42. The van der Waals surface area contributed by atoms with Crippen molar-refractivity contribution < 1.29 is 14.0 Å². The number of nitrogens with zero attached hydrogens (tertiary/aromatic N) is 3. The van der Waals surface area contributed by atoms with Gasteiger partial charge in [0.2, 0.25) is 5.91 Å². The molecule has 0 unspecified atom stereocenters. The molecule has 3 heterocycles. The molecule has 2 amide bonds. The average Bonchev–Trinajstić information content (AvgIpc) is 3.12. The lowest BCUT2D eigenvalue weighted by molar-refractivity contribution is -0.133. The highest BCUT2D eigenvalue weighted by Crippen LogP contribution is 2.24. The molecule has 27 heavy (non-hydrogen) atoms. The monoisotopic (exact) mass is 433 g/mol. The highest BCUT2D eigenvalue weighted by atomic mass is 79.9. The molecule has 2 saturated heterocycles. The summed E-state index contributed by atoms with van der Waals surface area (Å²) in [6, 6.07) is 7.51. The second-order valence-electron chi connectivity index (χ2n) is 7.30. The molecule has 2 fully saturated rings. The van der Waals surface area contributed by atoms with Crippen LogP contribution in [0.2, 0.25) is 0 Å². The summed E-state index contributed by atoms with van der Waals surface area (Å²) in [5, 5.41) is 0.915. The number of hydrogen-bond acceptors (Lipinski definition) is 4. The molecule has 0 atom stereocenters. The quantitative estimate of drug-likeness (QED) is 0.746. The lowest BCUT2D eigenvalue weighted by Crippen LogP contribution is -2.52. The van der Waals surface area contributed by atoms with Gasteiger partial charge in [0.05, 0.1) is 6.54 Å². The number of piperazine rings is 1. The zero-order valence-corrected chi connectivity index (χ0v) is 16.9. The predicted octanol–water partition coefficient (Wildman–Crippen LogP) is 2.97. The van der Waals surface area contributed by atoms with Gasteiger partial charge in [0.15, 0.2) is 5.76 Å². The molecule has 0 radical (unpaired) electrons. The van der Waals surface area contributed by atoms with E-state index in [0.717, 1.165) is 48.9 Å². The van der Waals surface area contributed by atoms with Gasteiger partial charge >= 0.3 is 0 Å². The summed E-state index contributed by atoms with van der Waals surface area (Å²) < 4.78 is 6.68. The Bertz CT molecular complexity index is 836. The fourth-order valence-corrected chi connectivity index (χ4v) is 4.20. The molecule has 2 aliphatic rings. The molecule has 4 rings (SSSR count). The van der Waals surface area contributed by atoms with Gasteiger partial charge in [0.1, 0.15) is 5.58 Å². The molecule has 1 aromatic heterocycles. The van der Waals surface area contributed by atoms with Crippen molar-refractivity contribution in [1.82, 2.24) is 14.7 Å². The summed E-state index contributed by atoms with van der Waals surface area (Å²) in [5.74, 6) is 0.516. The van der Waals surface area contributed by atoms with Gasteiger partial charge in [-0.1, -0.05) is 15.9 Å². The molecule has 6 nitrogen and oxygen atoms in total. The van der Waals surface area contributed by atoms with Crippen molar-refractivity contribution in [2.75, 3.05) is 45.8 Å². The van der Waals surface area contributed by atoms with E-state index in [1.807, 2.05) is 28.0 Å². The Morgan fingerprint density at radius 3 is 2.41 bits per heavy atom. The number of carbonyl (C=O) groups is 2. The Kier molecular flexibility index (Phi) is 5.50. The molecule has 144 valence electrons. The van der Waals surface area contributed by atoms with E-state index in [1.165, 1.54) is 6.42 Å². The maximum Gasteiger partial charge on any atom is 0.289 e. The van der Waals surface area contributed by atoms with Gasteiger partial charge in [-0.25, -0.2) is 0 Å². The van der Waals surface area contributed by atoms with E-state index in [9.17, 15) is 9.59 Å². The zero-order chi connectivity index (χ0) is 18.8. The number of furan rings is 1. The lowest BCUT2D eigenvalue weighted by Gasteiger charge is -2.35. The first kappa shape index (κ1) is 18.5. The van der Waals surface area contributed by atoms with Gasteiger partial charge in [-0.2, -0.15) is 0 Å². The number of piperidine rings is 1. The average molecular weight is 434 g/mol. The standard InChI is InChI=1S/C20H24BrN3O3/c21-16-4-5-17-15(12-16)13-18(27-17)20(26)24-10-8-22(9-11-24)14-19(25)23-6-2-1-3-7-23/h4-5,12-13H,1-3,6-11,14H2. The highest BCUT2D eigenvalue weighted by molar-refractivity contribution is 9.10. The van der Waals surface area contributed by atoms with Crippen molar-refractivity contribution in [2.24, 2.45) is 0 Å². The fourth-order valence-electron chi connectivity index (χ4n) is 3.82. The molecule has 0 spiro atoms. The number of rotatable bonds is 3. The molecule has 0 saturated carbocycles.